The second-order valence-electron chi connectivity index (χ2n) is 7.35. The van der Waals surface area contributed by atoms with E-state index < -0.39 is 0 Å². The van der Waals surface area contributed by atoms with Crippen LogP contribution in [-0.2, 0) is 6.54 Å². The summed E-state index contributed by atoms with van der Waals surface area (Å²) in [6, 6.07) is 14.2. The van der Waals surface area contributed by atoms with E-state index in [-0.39, 0.29) is 18.8 Å². The van der Waals surface area contributed by atoms with Crippen LogP contribution >= 0.6 is 11.6 Å². The van der Waals surface area contributed by atoms with Crippen molar-refractivity contribution in [3.8, 4) is 5.75 Å². The van der Waals surface area contributed by atoms with E-state index in [1.807, 2.05) is 32.0 Å². The van der Waals surface area contributed by atoms with E-state index in [1.54, 1.807) is 0 Å². The van der Waals surface area contributed by atoms with Crippen molar-refractivity contribution in [2.75, 3.05) is 19.8 Å². The van der Waals surface area contributed by atoms with E-state index in [9.17, 15) is 4.79 Å². The van der Waals surface area contributed by atoms with Gasteiger partial charge in [0.1, 0.15) is 5.75 Å². The third-order valence-electron chi connectivity index (χ3n) is 5.05. The van der Waals surface area contributed by atoms with Gasteiger partial charge in [-0.2, -0.15) is 0 Å². The molecule has 2 amide bonds. The summed E-state index contributed by atoms with van der Waals surface area (Å²) in [7, 11) is 0. The summed E-state index contributed by atoms with van der Waals surface area (Å²) in [6.07, 6.45) is 1.91. The van der Waals surface area contributed by atoms with E-state index in [4.69, 9.17) is 16.3 Å². The van der Waals surface area contributed by atoms with Crippen LogP contribution in [0.25, 0.3) is 0 Å². The predicted octanol–water partition coefficient (Wildman–Crippen LogP) is 4.26. The molecule has 0 aromatic heterocycles. The minimum atomic E-state index is -0.191. The first kappa shape index (κ1) is 20.5. The fraction of sp³-hybridized carbons (Fsp3) is 0.409. The second kappa shape index (κ2) is 9.80. The van der Waals surface area contributed by atoms with Crippen molar-refractivity contribution in [1.29, 1.82) is 0 Å². The number of likely N-dealkylation sites (tertiary alicyclic amines) is 1. The summed E-state index contributed by atoms with van der Waals surface area (Å²) >= 11 is 6.16. The average molecular weight is 402 g/mol. The quantitative estimate of drug-likeness (QED) is 0.711. The first-order valence-electron chi connectivity index (χ1n) is 9.71. The summed E-state index contributed by atoms with van der Waals surface area (Å²) in [4.78, 5) is 14.6. The number of amides is 2. The lowest BCUT2D eigenvalue weighted by atomic mass is 10.0. The zero-order valence-corrected chi connectivity index (χ0v) is 17.3. The highest BCUT2D eigenvalue weighted by molar-refractivity contribution is 6.32. The molecule has 0 radical (unpaired) electrons. The highest BCUT2D eigenvalue weighted by atomic mass is 35.5. The number of nitrogens with zero attached hydrogens (tertiary/aromatic N) is 1. The maximum absolute atomic E-state index is 12.1. The van der Waals surface area contributed by atoms with Crippen molar-refractivity contribution in [3.05, 3.63) is 64.2 Å². The molecule has 0 atom stereocenters. The molecule has 5 nitrogen and oxygen atoms in total. The number of urea groups is 1. The van der Waals surface area contributed by atoms with Gasteiger partial charge in [0.15, 0.2) is 6.73 Å². The average Bonchev–Trinajstić information content (AvgIpc) is 2.68. The van der Waals surface area contributed by atoms with Crippen molar-refractivity contribution in [1.82, 2.24) is 15.5 Å². The molecule has 1 heterocycles. The lowest BCUT2D eigenvalue weighted by molar-refractivity contribution is 0.183. The van der Waals surface area contributed by atoms with Gasteiger partial charge in [-0.25, -0.2) is 4.79 Å². The van der Waals surface area contributed by atoms with Crippen LogP contribution in [0.2, 0.25) is 5.02 Å². The van der Waals surface area contributed by atoms with Gasteiger partial charge in [-0.15, -0.1) is 0 Å². The van der Waals surface area contributed by atoms with Crippen LogP contribution in [0.5, 0.6) is 5.75 Å². The number of nitrogens with one attached hydrogen (secondary N) is 2. The van der Waals surface area contributed by atoms with Gasteiger partial charge in [-0.1, -0.05) is 41.9 Å². The summed E-state index contributed by atoms with van der Waals surface area (Å²) in [5, 5.41) is 6.55. The van der Waals surface area contributed by atoms with Crippen molar-refractivity contribution in [2.24, 2.45) is 0 Å². The van der Waals surface area contributed by atoms with Crippen molar-refractivity contribution >= 4 is 17.6 Å². The molecule has 0 saturated carbocycles. The maximum Gasteiger partial charge on any atom is 0.317 e. The molecule has 1 aliphatic rings. The van der Waals surface area contributed by atoms with E-state index in [2.05, 4.69) is 39.8 Å². The van der Waals surface area contributed by atoms with Gasteiger partial charge in [0.05, 0.1) is 0 Å². The molecule has 2 N–H and O–H groups in total. The third-order valence-corrected chi connectivity index (χ3v) is 5.65. The number of hydrogen-bond donors (Lipinski definition) is 2. The number of carbonyl (C=O) groups is 1. The first-order valence-corrected chi connectivity index (χ1v) is 10.1. The Hall–Kier alpha value is -2.24. The molecular formula is C22H28ClN3O2. The van der Waals surface area contributed by atoms with E-state index >= 15 is 0 Å². The van der Waals surface area contributed by atoms with Gasteiger partial charge in [0, 0.05) is 30.7 Å². The molecule has 0 spiro atoms. The normalized spacial score (nSPS) is 15.2. The number of halogens is 1. The first-order chi connectivity index (χ1) is 13.5. The topological polar surface area (TPSA) is 53.6 Å². The SMILES string of the molecule is Cc1cc(OCNC(=O)NC2CCN(Cc3ccccc3)CC2)cc(C)c1Cl. The Morgan fingerprint density at radius 1 is 1.14 bits per heavy atom. The zero-order chi connectivity index (χ0) is 19.9. The van der Waals surface area contributed by atoms with Gasteiger partial charge in [0.2, 0.25) is 0 Å². The number of benzene rings is 2. The molecule has 0 aliphatic carbocycles. The molecule has 150 valence electrons. The molecule has 2 aromatic carbocycles. The third kappa shape index (κ3) is 5.88. The number of ether oxygens (including phenoxy) is 1. The molecule has 2 aromatic rings. The Balaban J connectivity index is 1.35. The van der Waals surface area contributed by atoms with Crippen LogP contribution in [0.1, 0.15) is 29.5 Å². The minimum Gasteiger partial charge on any atom is -0.473 e. The van der Waals surface area contributed by atoms with Crippen molar-refractivity contribution in [3.63, 3.8) is 0 Å². The van der Waals surface area contributed by atoms with Crippen molar-refractivity contribution < 1.29 is 9.53 Å². The minimum absolute atomic E-state index is 0.124. The van der Waals surface area contributed by atoms with Crippen LogP contribution < -0.4 is 15.4 Å². The standard InChI is InChI=1S/C22H28ClN3O2/c1-16-12-20(13-17(2)21(16)23)28-15-24-22(27)25-19-8-10-26(11-9-19)14-18-6-4-3-5-7-18/h3-7,12-13,19H,8-11,14-15H2,1-2H3,(H2,24,25,27). The number of carbonyl (C=O) groups excluding carboxylic acids is 1. The summed E-state index contributed by atoms with van der Waals surface area (Å²) in [6.45, 7) is 6.94. The van der Waals surface area contributed by atoms with Gasteiger partial charge < -0.3 is 15.4 Å². The maximum atomic E-state index is 12.1. The van der Waals surface area contributed by atoms with Crippen molar-refractivity contribution in [2.45, 2.75) is 39.3 Å². The molecule has 0 bridgehead atoms. The van der Waals surface area contributed by atoms with Crippen LogP contribution in [0, 0.1) is 13.8 Å². The largest absolute Gasteiger partial charge is 0.473 e. The van der Waals surface area contributed by atoms with Crippen LogP contribution in [0.15, 0.2) is 42.5 Å². The van der Waals surface area contributed by atoms with Gasteiger partial charge >= 0.3 is 6.03 Å². The highest BCUT2D eigenvalue weighted by Crippen LogP contribution is 2.25. The number of rotatable bonds is 6. The molecule has 1 saturated heterocycles. The van der Waals surface area contributed by atoms with Gasteiger partial charge in [-0.05, 0) is 55.5 Å². The molecule has 6 heteroatoms. The van der Waals surface area contributed by atoms with Crippen LogP contribution in [-0.4, -0.2) is 36.8 Å². The molecule has 1 aliphatic heterocycles. The Morgan fingerprint density at radius 2 is 1.79 bits per heavy atom. The monoisotopic (exact) mass is 401 g/mol. The van der Waals surface area contributed by atoms with E-state index in [0.717, 1.165) is 48.6 Å². The predicted molar refractivity (Wildman–Crippen MR) is 113 cm³/mol. The molecule has 0 unspecified atom stereocenters. The number of hydrogen-bond acceptors (Lipinski definition) is 3. The summed E-state index contributed by atoms with van der Waals surface area (Å²) in [5.41, 5.74) is 3.25. The van der Waals surface area contributed by atoms with Crippen LogP contribution in [0.4, 0.5) is 4.79 Å². The number of aryl methyl sites for hydroxylation is 2. The molecule has 1 fully saturated rings. The Bertz CT molecular complexity index is 767. The van der Waals surface area contributed by atoms with Gasteiger partial charge in [0.25, 0.3) is 0 Å². The van der Waals surface area contributed by atoms with Crippen LogP contribution in [0.3, 0.4) is 0 Å². The van der Waals surface area contributed by atoms with E-state index in [0.29, 0.717) is 5.75 Å². The lowest BCUT2D eigenvalue weighted by Gasteiger charge is -2.32. The summed E-state index contributed by atoms with van der Waals surface area (Å²) in [5.74, 6) is 0.703. The molecule has 3 rings (SSSR count). The lowest BCUT2D eigenvalue weighted by Crippen LogP contribution is -2.48. The zero-order valence-electron chi connectivity index (χ0n) is 16.5. The Kier molecular flexibility index (Phi) is 7.18. The Labute approximate surface area is 172 Å². The Morgan fingerprint density at radius 3 is 2.43 bits per heavy atom. The molecule has 28 heavy (non-hydrogen) atoms. The smallest absolute Gasteiger partial charge is 0.317 e. The fourth-order valence-corrected chi connectivity index (χ4v) is 3.60. The van der Waals surface area contributed by atoms with E-state index in [1.165, 1.54) is 5.56 Å². The fourth-order valence-electron chi connectivity index (χ4n) is 3.49. The number of piperidine rings is 1. The molecular weight excluding hydrogens is 374 g/mol. The van der Waals surface area contributed by atoms with Gasteiger partial charge in [-0.3, -0.25) is 4.90 Å². The highest BCUT2D eigenvalue weighted by Gasteiger charge is 2.20. The second-order valence-corrected chi connectivity index (χ2v) is 7.72. The summed E-state index contributed by atoms with van der Waals surface area (Å²) < 4.78 is 5.63.